The van der Waals surface area contributed by atoms with Crippen molar-refractivity contribution in [2.24, 2.45) is 5.92 Å². The second-order valence-electron chi connectivity index (χ2n) is 4.31. The molecule has 5 nitrogen and oxygen atoms in total. The first-order chi connectivity index (χ1) is 8.63. The lowest BCUT2D eigenvalue weighted by molar-refractivity contribution is -0.185. The van der Waals surface area contributed by atoms with Crippen molar-refractivity contribution in [3.63, 3.8) is 0 Å². The van der Waals surface area contributed by atoms with Gasteiger partial charge in [-0.05, 0) is 6.92 Å². The number of ether oxygens (including phenoxy) is 1. The van der Waals surface area contributed by atoms with Crippen LogP contribution < -0.4 is 10.6 Å². The van der Waals surface area contributed by atoms with Crippen LogP contribution in [0, 0.1) is 5.92 Å². The van der Waals surface area contributed by atoms with Gasteiger partial charge in [-0.25, -0.2) is 0 Å². The van der Waals surface area contributed by atoms with Gasteiger partial charge in [-0.1, -0.05) is 13.8 Å². The summed E-state index contributed by atoms with van der Waals surface area (Å²) in [6.07, 6.45) is -5.65. The Balaban J connectivity index is 3.77. The molecule has 0 fully saturated rings. The highest BCUT2D eigenvalue weighted by molar-refractivity contribution is 5.80. The second kappa shape index (κ2) is 7.98. The number of hydrogen-bond donors (Lipinski definition) is 2. The Labute approximate surface area is 109 Å². The minimum absolute atomic E-state index is 0.136. The highest BCUT2D eigenvalue weighted by atomic mass is 19.4. The smallest absolute Gasteiger partial charge is 0.359 e. The Morgan fingerprint density at radius 3 is 1.95 bits per heavy atom. The molecule has 0 aromatic carbocycles. The van der Waals surface area contributed by atoms with Crippen LogP contribution in [0.2, 0.25) is 0 Å². The maximum atomic E-state index is 11.8. The van der Waals surface area contributed by atoms with E-state index >= 15 is 0 Å². The van der Waals surface area contributed by atoms with Crippen LogP contribution in [0.15, 0.2) is 0 Å². The molecule has 0 aromatic rings. The van der Waals surface area contributed by atoms with E-state index in [0.717, 1.165) is 0 Å². The molecular formula is C11H19F3N2O3. The van der Waals surface area contributed by atoms with Crippen molar-refractivity contribution in [3.8, 4) is 0 Å². The number of hydrogen-bond acceptors (Lipinski definition) is 3. The zero-order valence-electron chi connectivity index (χ0n) is 11.1. The highest BCUT2D eigenvalue weighted by Crippen LogP contribution is 2.15. The molecular weight excluding hydrogens is 265 g/mol. The number of carbonyl (C=O) groups excluding carboxylic acids is 2. The van der Waals surface area contributed by atoms with Crippen LogP contribution in [0.5, 0.6) is 0 Å². The summed E-state index contributed by atoms with van der Waals surface area (Å²) in [5.41, 5.74) is 0. The summed E-state index contributed by atoms with van der Waals surface area (Å²) in [6, 6.07) is 0. The Kier molecular flexibility index (Phi) is 7.43. The predicted molar refractivity (Wildman–Crippen MR) is 62.3 cm³/mol. The van der Waals surface area contributed by atoms with Gasteiger partial charge in [0.15, 0.2) is 0 Å². The van der Waals surface area contributed by atoms with Gasteiger partial charge in [-0.3, -0.25) is 9.59 Å². The number of halogens is 3. The van der Waals surface area contributed by atoms with E-state index in [4.69, 9.17) is 0 Å². The number of amides is 2. The molecule has 0 saturated carbocycles. The van der Waals surface area contributed by atoms with Crippen LogP contribution >= 0.6 is 0 Å². The summed E-state index contributed by atoms with van der Waals surface area (Å²) in [6.45, 7) is 3.56. The van der Waals surface area contributed by atoms with Crippen LogP contribution in [0.25, 0.3) is 0 Å². The fourth-order valence-electron chi connectivity index (χ4n) is 1.01. The van der Waals surface area contributed by atoms with E-state index in [1.807, 2.05) is 0 Å². The zero-order chi connectivity index (χ0) is 15.1. The molecule has 0 aliphatic heterocycles. The van der Waals surface area contributed by atoms with Crippen LogP contribution in [0.3, 0.4) is 0 Å². The Bertz CT molecular complexity index is 306. The number of nitrogens with one attached hydrogen (secondary N) is 2. The quantitative estimate of drug-likeness (QED) is 0.681. The van der Waals surface area contributed by atoms with E-state index in [1.54, 1.807) is 13.8 Å². The molecule has 0 spiro atoms. The van der Waals surface area contributed by atoms with Crippen molar-refractivity contribution in [2.75, 3.05) is 19.7 Å². The molecule has 2 N–H and O–H groups in total. The first-order valence-corrected chi connectivity index (χ1v) is 5.87. The molecule has 0 heterocycles. The third kappa shape index (κ3) is 9.29. The van der Waals surface area contributed by atoms with Gasteiger partial charge in [-0.2, -0.15) is 13.2 Å². The van der Waals surface area contributed by atoms with Gasteiger partial charge in [0.2, 0.25) is 11.8 Å². The van der Waals surface area contributed by atoms with Crippen molar-refractivity contribution in [3.05, 3.63) is 0 Å². The minimum Gasteiger partial charge on any atom is -0.359 e. The minimum atomic E-state index is -4.46. The van der Waals surface area contributed by atoms with Crippen molar-refractivity contribution < 1.29 is 27.5 Å². The average Bonchev–Trinajstić information content (AvgIpc) is 2.29. The van der Waals surface area contributed by atoms with Gasteiger partial charge < -0.3 is 15.4 Å². The van der Waals surface area contributed by atoms with E-state index in [0.29, 0.717) is 0 Å². The monoisotopic (exact) mass is 284 g/mol. The molecule has 0 rings (SSSR count). The normalized spacial score (nSPS) is 13.2. The number of alkyl halides is 3. The van der Waals surface area contributed by atoms with Gasteiger partial charge in [0.25, 0.3) is 0 Å². The van der Waals surface area contributed by atoms with Crippen LogP contribution in [-0.4, -0.2) is 43.8 Å². The van der Waals surface area contributed by atoms with Crippen LogP contribution in [0.1, 0.15) is 20.8 Å². The summed E-state index contributed by atoms with van der Waals surface area (Å²) in [5, 5.41) is 4.93. The standard InChI is InChI=1S/C11H19F3N2O3/c1-7(2)9(17)15-4-5-16-10(18)8(3)19-6-11(12,13)14/h7-8H,4-6H2,1-3H3,(H,15,17)(H,16,18)/t8-/m0/s1. The Morgan fingerprint density at radius 1 is 1.05 bits per heavy atom. The lowest BCUT2D eigenvalue weighted by Crippen LogP contribution is -2.41. The van der Waals surface area contributed by atoms with Gasteiger partial charge >= 0.3 is 6.18 Å². The summed E-state index contributed by atoms with van der Waals surface area (Å²) in [7, 11) is 0. The maximum absolute atomic E-state index is 11.8. The molecule has 0 saturated heterocycles. The molecule has 0 aromatic heterocycles. The first-order valence-electron chi connectivity index (χ1n) is 5.87. The summed E-state index contributed by atoms with van der Waals surface area (Å²) in [4.78, 5) is 22.5. The summed E-state index contributed by atoms with van der Waals surface area (Å²) in [5.74, 6) is -0.969. The molecule has 2 amide bonds. The van der Waals surface area contributed by atoms with Crippen molar-refractivity contribution >= 4 is 11.8 Å². The number of rotatable bonds is 7. The van der Waals surface area contributed by atoms with E-state index in [2.05, 4.69) is 15.4 Å². The molecule has 1 atom stereocenters. The number of carbonyl (C=O) groups is 2. The van der Waals surface area contributed by atoms with Gasteiger partial charge in [0.05, 0.1) is 0 Å². The lowest BCUT2D eigenvalue weighted by Gasteiger charge is -2.15. The molecule has 0 bridgehead atoms. The zero-order valence-corrected chi connectivity index (χ0v) is 11.1. The molecule has 0 aliphatic rings. The third-order valence-electron chi connectivity index (χ3n) is 2.11. The molecule has 19 heavy (non-hydrogen) atoms. The Hall–Kier alpha value is -1.31. The first kappa shape index (κ1) is 17.7. The maximum Gasteiger partial charge on any atom is 0.411 e. The second-order valence-corrected chi connectivity index (χ2v) is 4.31. The molecule has 0 radical (unpaired) electrons. The van der Waals surface area contributed by atoms with Crippen molar-refractivity contribution in [2.45, 2.75) is 33.1 Å². The van der Waals surface area contributed by atoms with Gasteiger partial charge in [-0.15, -0.1) is 0 Å². The van der Waals surface area contributed by atoms with E-state index in [-0.39, 0.29) is 24.9 Å². The molecule has 112 valence electrons. The Morgan fingerprint density at radius 2 is 1.53 bits per heavy atom. The SMILES string of the molecule is CC(C)C(=O)NCCNC(=O)[C@H](C)OCC(F)(F)F. The predicted octanol–water partition coefficient (Wildman–Crippen LogP) is 0.842. The van der Waals surface area contributed by atoms with Gasteiger partial charge in [0.1, 0.15) is 12.7 Å². The largest absolute Gasteiger partial charge is 0.411 e. The molecule has 0 aliphatic carbocycles. The fourth-order valence-corrected chi connectivity index (χ4v) is 1.01. The summed E-state index contributed by atoms with van der Waals surface area (Å²) < 4.78 is 39.9. The van der Waals surface area contributed by atoms with Crippen molar-refractivity contribution in [1.82, 2.24) is 10.6 Å². The van der Waals surface area contributed by atoms with E-state index in [1.165, 1.54) is 6.92 Å². The fraction of sp³-hybridized carbons (Fsp3) is 0.818. The molecule has 8 heteroatoms. The van der Waals surface area contributed by atoms with E-state index in [9.17, 15) is 22.8 Å². The average molecular weight is 284 g/mol. The van der Waals surface area contributed by atoms with Crippen LogP contribution in [0.4, 0.5) is 13.2 Å². The molecule has 0 unspecified atom stereocenters. The topological polar surface area (TPSA) is 67.4 Å². The van der Waals surface area contributed by atoms with Gasteiger partial charge in [0, 0.05) is 19.0 Å². The van der Waals surface area contributed by atoms with Crippen LogP contribution in [-0.2, 0) is 14.3 Å². The third-order valence-corrected chi connectivity index (χ3v) is 2.11. The summed E-state index contributed by atoms with van der Waals surface area (Å²) >= 11 is 0. The van der Waals surface area contributed by atoms with E-state index < -0.39 is 24.8 Å². The van der Waals surface area contributed by atoms with Crippen molar-refractivity contribution in [1.29, 1.82) is 0 Å². The highest BCUT2D eigenvalue weighted by Gasteiger charge is 2.29. The lowest BCUT2D eigenvalue weighted by atomic mass is 10.2.